The fourth-order valence-corrected chi connectivity index (χ4v) is 2.69. The minimum Gasteiger partial charge on any atom is -0.289 e. The number of carbonyl (C=O) groups is 1. The maximum Gasteiger partial charge on any atom is 0.189 e. The number of halogens is 1. The zero-order valence-corrected chi connectivity index (χ0v) is 13.5. The van der Waals surface area contributed by atoms with Gasteiger partial charge in [-0.1, -0.05) is 36.4 Å². The summed E-state index contributed by atoms with van der Waals surface area (Å²) in [5.41, 5.74) is 3.59. The van der Waals surface area contributed by atoms with Gasteiger partial charge in [-0.2, -0.15) is 5.10 Å². The molecule has 1 heterocycles. The Morgan fingerprint density at radius 3 is 2.54 bits per heavy atom. The minimum atomic E-state index is -0.325. The molecule has 3 nitrogen and oxygen atoms in total. The topological polar surface area (TPSA) is 34.9 Å². The maximum atomic E-state index is 13.2. The predicted molar refractivity (Wildman–Crippen MR) is 92.8 cm³/mol. The van der Waals surface area contributed by atoms with E-state index in [-0.39, 0.29) is 11.6 Å². The molecule has 0 bridgehead atoms. The Bertz CT molecular complexity index is 911. The first-order valence-electron chi connectivity index (χ1n) is 7.66. The molecule has 0 aliphatic heterocycles. The molecule has 1 aromatic heterocycles. The van der Waals surface area contributed by atoms with E-state index in [0.29, 0.717) is 16.8 Å². The standard InChI is InChI=1S/C20H17FN2O/c1-14-20(15(2)23(22-14)18-9-4-3-5-10-18)19(24)12-11-16-7-6-8-17(21)13-16/h3-13H,1-2H3/b12-11+. The van der Waals surface area contributed by atoms with Crippen molar-refractivity contribution in [2.24, 2.45) is 0 Å². The Hall–Kier alpha value is -3.01. The Labute approximate surface area is 140 Å². The van der Waals surface area contributed by atoms with E-state index in [1.807, 2.05) is 44.2 Å². The Morgan fingerprint density at radius 2 is 1.83 bits per heavy atom. The van der Waals surface area contributed by atoms with Crippen LogP contribution in [-0.4, -0.2) is 15.6 Å². The second-order valence-electron chi connectivity index (χ2n) is 5.55. The van der Waals surface area contributed by atoms with Crippen molar-refractivity contribution in [3.8, 4) is 5.69 Å². The van der Waals surface area contributed by atoms with Crippen molar-refractivity contribution in [1.82, 2.24) is 9.78 Å². The molecule has 0 aliphatic rings. The maximum absolute atomic E-state index is 13.2. The number of hydrogen-bond acceptors (Lipinski definition) is 2. The number of aryl methyl sites for hydroxylation is 1. The van der Waals surface area contributed by atoms with Gasteiger partial charge >= 0.3 is 0 Å². The van der Waals surface area contributed by atoms with E-state index in [9.17, 15) is 9.18 Å². The van der Waals surface area contributed by atoms with E-state index in [2.05, 4.69) is 5.10 Å². The summed E-state index contributed by atoms with van der Waals surface area (Å²) < 4.78 is 15.0. The number of benzene rings is 2. The summed E-state index contributed by atoms with van der Waals surface area (Å²) in [5, 5.41) is 4.47. The fourth-order valence-electron chi connectivity index (χ4n) is 2.69. The lowest BCUT2D eigenvalue weighted by Crippen LogP contribution is -2.01. The lowest BCUT2D eigenvalue weighted by molar-refractivity contribution is 0.104. The lowest BCUT2D eigenvalue weighted by atomic mass is 10.1. The second-order valence-corrected chi connectivity index (χ2v) is 5.55. The summed E-state index contributed by atoms with van der Waals surface area (Å²) in [4.78, 5) is 12.6. The summed E-state index contributed by atoms with van der Waals surface area (Å²) in [6.45, 7) is 3.69. The first-order chi connectivity index (χ1) is 11.6. The third-order valence-electron chi connectivity index (χ3n) is 3.81. The van der Waals surface area contributed by atoms with Crippen molar-refractivity contribution >= 4 is 11.9 Å². The fraction of sp³-hybridized carbons (Fsp3) is 0.100. The summed E-state index contributed by atoms with van der Waals surface area (Å²) in [6.07, 6.45) is 3.07. The van der Waals surface area contributed by atoms with Gasteiger partial charge in [0.15, 0.2) is 5.78 Å². The van der Waals surface area contributed by atoms with Crippen LogP contribution in [0.3, 0.4) is 0 Å². The van der Waals surface area contributed by atoms with Crippen molar-refractivity contribution in [2.45, 2.75) is 13.8 Å². The van der Waals surface area contributed by atoms with Crippen LogP contribution in [0.4, 0.5) is 4.39 Å². The molecule has 0 amide bonds. The van der Waals surface area contributed by atoms with E-state index in [0.717, 1.165) is 11.4 Å². The summed E-state index contributed by atoms with van der Waals surface area (Å²) >= 11 is 0. The number of aromatic nitrogens is 2. The number of hydrogen-bond donors (Lipinski definition) is 0. The summed E-state index contributed by atoms with van der Waals surface area (Å²) in [5.74, 6) is -0.467. The highest BCUT2D eigenvalue weighted by atomic mass is 19.1. The van der Waals surface area contributed by atoms with Gasteiger partial charge in [-0.05, 0) is 49.8 Å². The van der Waals surface area contributed by atoms with Crippen LogP contribution in [0.25, 0.3) is 11.8 Å². The van der Waals surface area contributed by atoms with Crippen LogP contribution in [0.5, 0.6) is 0 Å². The molecule has 0 unspecified atom stereocenters. The highest BCUT2D eigenvalue weighted by Crippen LogP contribution is 2.19. The van der Waals surface area contributed by atoms with Gasteiger partial charge in [-0.15, -0.1) is 0 Å². The Kier molecular flexibility index (Phi) is 4.38. The number of ketones is 1. The summed E-state index contributed by atoms with van der Waals surface area (Å²) in [6, 6.07) is 15.8. The van der Waals surface area contributed by atoms with Crippen molar-refractivity contribution in [3.63, 3.8) is 0 Å². The molecule has 0 saturated carbocycles. The molecule has 4 heteroatoms. The molecule has 0 fully saturated rings. The molecule has 0 saturated heterocycles. The molecule has 2 aromatic carbocycles. The van der Waals surface area contributed by atoms with Gasteiger partial charge in [-0.3, -0.25) is 4.79 Å². The van der Waals surface area contributed by atoms with E-state index >= 15 is 0 Å². The summed E-state index contributed by atoms with van der Waals surface area (Å²) in [7, 11) is 0. The molecule has 0 aliphatic carbocycles. The molecule has 24 heavy (non-hydrogen) atoms. The SMILES string of the molecule is Cc1nn(-c2ccccc2)c(C)c1C(=O)/C=C/c1cccc(F)c1. The van der Waals surface area contributed by atoms with Gasteiger partial charge in [0.2, 0.25) is 0 Å². The zero-order valence-electron chi connectivity index (χ0n) is 13.5. The Morgan fingerprint density at radius 1 is 1.08 bits per heavy atom. The average Bonchev–Trinajstić information content (AvgIpc) is 2.88. The number of nitrogens with zero attached hydrogens (tertiary/aromatic N) is 2. The van der Waals surface area contributed by atoms with Crippen LogP contribution < -0.4 is 0 Å². The number of para-hydroxylation sites is 1. The van der Waals surface area contributed by atoms with Crippen LogP contribution in [0, 0.1) is 19.7 Å². The molecular formula is C20H17FN2O. The highest BCUT2D eigenvalue weighted by molar-refractivity contribution is 6.08. The molecule has 0 spiro atoms. The van der Waals surface area contributed by atoms with E-state index in [4.69, 9.17) is 0 Å². The van der Waals surface area contributed by atoms with E-state index in [1.165, 1.54) is 18.2 Å². The van der Waals surface area contributed by atoms with Gasteiger partial charge in [0.1, 0.15) is 5.82 Å². The van der Waals surface area contributed by atoms with Crippen molar-refractivity contribution < 1.29 is 9.18 Å². The van der Waals surface area contributed by atoms with Crippen LogP contribution in [0.2, 0.25) is 0 Å². The largest absolute Gasteiger partial charge is 0.289 e. The van der Waals surface area contributed by atoms with Crippen LogP contribution in [0.15, 0.2) is 60.7 Å². The zero-order chi connectivity index (χ0) is 17.1. The number of rotatable bonds is 4. The highest BCUT2D eigenvalue weighted by Gasteiger charge is 2.17. The van der Waals surface area contributed by atoms with E-state index in [1.54, 1.807) is 22.9 Å². The van der Waals surface area contributed by atoms with Crippen molar-refractivity contribution in [2.75, 3.05) is 0 Å². The molecule has 0 N–H and O–H groups in total. The lowest BCUT2D eigenvalue weighted by Gasteiger charge is -2.04. The normalized spacial score (nSPS) is 11.1. The smallest absolute Gasteiger partial charge is 0.189 e. The van der Waals surface area contributed by atoms with Gasteiger partial charge < -0.3 is 0 Å². The number of allylic oxidation sites excluding steroid dienone is 1. The third-order valence-corrected chi connectivity index (χ3v) is 3.81. The molecule has 0 radical (unpaired) electrons. The monoisotopic (exact) mass is 320 g/mol. The molecule has 0 atom stereocenters. The average molecular weight is 320 g/mol. The van der Waals surface area contributed by atoms with Crippen molar-refractivity contribution in [1.29, 1.82) is 0 Å². The van der Waals surface area contributed by atoms with Gasteiger partial charge in [0, 0.05) is 0 Å². The molecular weight excluding hydrogens is 303 g/mol. The molecule has 3 aromatic rings. The second kappa shape index (κ2) is 6.62. The first kappa shape index (κ1) is 15.9. The minimum absolute atomic E-state index is 0.142. The van der Waals surface area contributed by atoms with Crippen LogP contribution >= 0.6 is 0 Å². The van der Waals surface area contributed by atoms with Crippen molar-refractivity contribution in [3.05, 3.63) is 89.0 Å². The third kappa shape index (κ3) is 3.18. The first-order valence-corrected chi connectivity index (χ1v) is 7.66. The molecule has 120 valence electrons. The predicted octanol–water partition coefficient (Wildman–Crippen LogP) is 4.52. The van der Waals surface area contributed by atoms with Crippen LogP contribution in [-0.2, 0) is 0 Å². The number of carbonyl (C=O) groups excluding carboxylic acids is 1. The Balaban J connectivity index is 1.92. The van der Waals surface area contributed by atoms with Gasteiger partial charge in [-0.25, -0.2) is 9.07 Å². The van der Waals surface area contributed by atoms with E-state index < -0.39 is 0 Å². The van der Waals surface area contributed by atoms with Gasteiger partial charge in [0.25, 0.3) is 0 Å². The quantitative estimate of drug-likeness (QED) is 0.523. The van der Waals surface area contributed by atoms with Gasteiger partial charge in [0.05, 0.1) is 22.6 Å². The molecule has 3 rings (SSSR count). The van der Waals surface area contributed by atoms with Crippen LogP contribution in [0.1, 0.15) is 27.3 Å².